The fraction of sp³-hybridized carbons (Fsp3) is 0.125. The molecule has 0 saturated heterocycles. The molecule has 19 heavy (non-hydrogen) atoms. The summed E-state index contributed by atoms with van der Waals surface area (Å²) in [5.41, 5.74) is -5.04. The minimum Gasteiger partial charge on any atom is -0.376 e. The zero-order chi connectivity index (χ0) is 14.1. The highest BCUT2D eigenvalue weighted by Gasteiger charge is 2.48. The van der Waals surface area contributed by atoms with E-state index >= 15 is 0 Å². The van der Waals surface area contributed by atoms with Crippen molar-refractivity contribution in [2.24, 2.45) is 0 Å². The van der Waals surface area contributed by atoms with Crippen molar-refractivity contribution in [3.05, 3.63) is 30.6 Å². The summed E-state index contributed by atoms with van der Waals surface area (Å²) in [5.74, 6) is -0.464. The Bertz CT molecular complexity index is 652. The highest BCUT2D eigenvalue weighted by molar-refractivity contribution is 7.87. The third kappa shape index (κ3) is 2.81. The topological polar surface area (TPSA) is 87.0 Å². The first-order valence-corrected chi connectivity index (χ1v) is 6.04. The average Bonchev–Trinajstić information content (AvgIpc) is 2.81. The van der Waals surface area contributed by atoms with Crippen molar-refractivity contribution in [2.45, 2.75) is 5.51 Å². The maximum Gasteiger partial charge on any atom is 0.534 e. The second-order valence-electron chi connectivity index (χ2n) is 3.23. The molecule has 0 saturated carbocycles. The van der Waals surface area contributed by atoms with Crippen LogP contribution in [0.2, 0.25) is 0 Å². The minimum atomic E-state index is -5.66. The first-order valence-electron chi connectivity index (χ1n) is 4.64. The van der Waals surface area contributed by atoms with Crippen LogP contribution >= 0.6 is 0 Å². The molecular formula is C8H5F3N4O3S. The van der Waals surface area contributed by atoms with E-state index < -0.39 is 21.4 Å². The van der Waals surface area contributed by atoms with Crippen LogP contribution in [0.15, 0.2) is 30.6 Å². The molecular weight excluding hydrogens is 289 g/mol. The van der Waals surface area contributed by atoms with E-state index in [9.17, 15) is 21.6 Å². The van der Waals surface area contributed by atoms with E-state index in [1.807, 2.05) is 0 Å². The summed E-state index contributed by atoms with van der Waals surface area (Å²) in [6.07, 6.45) is 1.27. The molecule has 2 aromatic rings. The molecule has 0 atom stereocenters. The number of nitrogens with zero attached hydrogens (tertiary/aromatic N) is 4. The van der Waals surface area contributed by atoms with Gasteiger partial charge >= 0.3 is 15.6 Å². The van der Waals surface area contributed by atoms with Gasteiger partial charge in [-0.1, -0.05) is 0 Å². The molecule has 1 heterocycles. The quantitative estimate of drug-likeness (QED) is 0.617. The first-order chi connectivity index (χ1) is 8.79. The number of halogens is 3. The number of rotatable bonds is 3. The molecule has 0 aliphatic rings. The zero-order valence-electron chi connectivity index (χ0n) is 8.94. The number of hydrogen-bond donors (Lipinski definition) is 0. The minimum absolute atomic E-state index is 0.432. The SMILES string of the molecule is O=S(=O)(Oc1ccc(-n2cnnn2)cc1)C(F)(F)F. The van der Waals surface area contributed by atoms with Crippen LogP contribution in [0.25, 0.3) is 5.69 Å². The van der Waals surface area contributed by atoms with Crippen molar-refractivity contribution in [2.75, 3.05) is 0 Å². The molecule has 0 amide bonds. The van der Waals surface area contributed by atoms with E-state index in [0.29, 0.717) is 5.69 Å². The van der Waals surface area contributed by atoms with Gasteiger partial charge in [0.1, 0.15) is 12.1 Å². The normalized spacial score (nSPS) is 12.4. The van der Waals surface area contributed by atoms with Gasteiger partial charge in [-0.05, 0) is 34.7 Å². The van der Waals surface area contributed by atoms with E-state index in [1.165, 1.54) is 23.1 Å². The number of hydrogen-bond acceptors (Lipinski definition) is 6. The molecule has 1 aromatic carbocycles. The van der Waals surface area contributed by atoms with Crippen LogP contribution in [0.4, 0.5) is 13.2 Å². The summed E-state index contributed by atoms with van der Waals surface area (Å²) in [7, 11) is -5.66. The molecule has 0 spiro atoms. The maximum atomic E-state index is 12.1. The summed E-state index contributed by atoms with van der Waals surface area (Å²) in [5, 5.41) is 10.3. The number of benzene rings is 1. The molecule has 2 rings (SSSR count). The molecule has 0 unspecified atom stereocenters. The summed E-state index contributed by atoms with van der Waals surface area (Å²) in [6.45, 7) is 0. The Morgan fingerprint density at radius 2 is 1.79 bits per heavy atom. The Labute approximate surface area is 104 Å². The predicted octanol–water partition coefficient (Wildman–Crippen LogP) is 0.891. The van der Waals surface area contributed by atoms with Gasteiger partial charge in [-0.2, -0.15) is 21.6 Å². The second-order valence-corrected chi connectivity index (χ2v) is 4.77. The van der Waals surface area contributed by atoms with Gasteiger partial charge in [-0.3, -0.25) is 0 Å². The van der Waals surface area contributed by atoms with Crippen LogP contribution in [0.3, 0.4) is 0 Å². The van der Waals surface area contributed by atoms with Crippen molar-refractivity contribution in [1.82, 2.24) is 20.2 Å². The molecule has 0 aliphatic heterocycles. The molecule has 1 aromatic heterocycles. The van der Waals surface area contributed by atoms with Gasteiger partial charge in [-0.25, -0.2) is 4.68 Å². The molecule has 0 N–H and O–H groups in total. The second kappa shape index (κ2) is 4.50. The Balaban J connectivity index is 2.21. The van der Waals surface area contributed by atoms with Gasteiger partial charge in [0.15, 0.2) is 0 Å². The molecule has 0 fully saturated rings. The van der Waals surface area contributed by atoms with E-state index in [4.69, 9.17) is 0 Å². The van der Waals surface area contributed by atoms with E-state index in [-0.39, 0.29) is 0 Å². The Morgan fingerprint density at radius 1 is 1.16 bits per heavy atom. The fourth-order valence-corrected chi connectivity index (χ4v) is 1.57. The van der Waals surface area contributed by atoms with Gasteiger partial charge in [0.25, 0.3) is 0 Å². The summed E-state index contributed by atoms with van der Waals surface area (Å²) >= 11 is 0. The van der Waals surface area contributed by atoms with Gasteiger partial charge < -0.3 is 4.18 Å². The van der Waals surface area contributed by atoms with Crippen molar-refractivity contribution in [1.29, 1.82) is 0 Å². The van der Waals surface area contributed by atoms with Crippen LogP contribution in [-0.4, -0.2) is 34.1 Å². The lowest BCUT2D eigenvalue weighted by Crippen LogP contribution is -2.28. The maximum absolute atomic E-state index is 12.1. The van der Waals surface area contributed by atoms with Crippen LogP contribution in [0.1, 0.15) is 0 Å². The van der Waals surface area contributed by atoms with E-state index in [2.05, 4.69) is 19.7 Å². The number of aromatic nitrogens is 4. The predicted molar refractivity (Wildman–Crippen MR) is 54.8 cm³/mol. The van der Waals surface area contributed by atoms with Crippen molar-refractivity contribution >= 4 is 10.1 Å². The molecule has 0 aliphatic carbocycles. The number of tetrazole rings is 1. The number of alkyl halides is 3. The van der Waals surface area contributed by atoms with Gasteiger partial charge in [0.05, 0.1) is 5.69 Å². The Kier molecular flexibility index (Phi) is 3.14. The lowest BCUT2D eigenvalue weighted by Gasteiger charge is -2.09. The molecule has 0 radical (unpaired) electrons. The summed E-state index contributed by atoms with van der Waals surface area (Å²) in [6, 6.07) is 4.72. The van der Waals surface area contributed by atoms with Gasteiger partial charge in [0.2, 0.25) is 0 Å². The zero-order valence-corrected chi connectivity index (χ0v) is 9.76. The average molecular weight is 294 g/mol. The molecule has 102 valence electrons. The molecule has 11 heteroatoms. The lowest BCUT2D eigenvalue weighted by molar-refractivity contribution is -0.0500. The Hall–Kier alpha value is -2.17. The largest absolute Gasteiger partial charge is 0.534 e. The van der Waals surface area contributed by atoms with Crippen LogP contribution in [0.5, 0.6) is 5.75 Å². The summed E-state index contributed by atoms with van der Waals surface area (Å²) < 4.78 is 62.9. The van der Waals surface area contributed by atoms with Crippen LogP contribution < -0.4 is 4.18 Å². The standard InChI is InChI=1S/C8H5F3N4O3S/c9-8(10,11)19(16,17)18-7-3-1-6(2-4-7)15-5-12-13-14-15/h1-5H. The first kappa shape index (κ1) is 13.3. The fourth-order valence-electron chi connectivity index (χ4n) is 1.11. The monoisotopic (exact) mass is 294 g/mol. The Morgan fingerprint density at radius 3 is 2.26 bits per heavy atom. The molecule has 7 nitrogen and oxygen atoms in total. The third-order valence-corrected chi connectivity index (χ3v) is 2.92. The van der Waals surface area contributed by atoms with Crippen molar-refractivity contribution < 1.29 is 25.8 Å². The van der Waals surface area contributed by atoms with Crippen LogP contribution in [-0.2, 0) is 10.1 Å². The van der Waals surface area contributed by atoms with E-state index in [0.717, 1.165) is 12.1 Å². The van der Waals surface area contributed by atoms with Crippen molar-refractivity contribution in [3.8, 4) is 11.4 Å². The van der Waals surface area contributed by atoms with Crippen LogP contribution in [0, 0.1) is 0 Å². The smallest absolute Gasteiger partial charge is 0.376 e. The highest BCUT2D eigenvalue weighted by atomic mass is 32.2. The van der Waals surface area contributed by atoms with Gasteiger partial charge in [0, 0.05) is 0 Å². The molecule has 0 bridgehead atoms. The van der Waals surface area contributed by atoms with E-state index in [1.54, 1.807) is 0 Å². The third-order valence-electron chi connectivity index (χ3n) is 1.94. The summed E-state index contributed by atoms with van der Waals surface area (Å²) in [4.78, 5) is 0. The van der Waals surface area contributed by atoms with Crippen molar-refractivity contribution in [3.63, 3.8) is 0 Å². The van der Waals surface area contributed by atoms with Gasteiger partial charge in [-0.15, -0.1) is 5.10 Å². The lowest BCUT2D eigenvalue weighted by atomic mass is 10.3. The highest BCUT2D eigenvalue weighted by Crippen LogP contribution is 2.27.